The number of carbonyl (C=O) groups is 1. The molecule has 0 aliphatic heterocycles. The molecule has 0 saturated carbocycles. The van der Waals surface area contributed by atoms with E-state index in [1.807, 2.05) is 6.92 Å². The highest BCUT2D eigenvalue weighted by Crippen LogP contribution is 1.99. The predicted molar refractivity (Wildman–Crippen MR) is 41.4 cm³/mol. The summed E-state index contributed by atoms with van der Waals surface area (Å²) in [6.45, 7) is 3.67. The fourth-order valence-corrected chi connectivity index (χ4v) is 0.814. The van der Waals surface area contributed by atoms with E-state index in [4.69, 9.17) is 16.3 Å². The SMILES string of the molecule is CC[C@@H](CCl)OCC(C)=O. The monoisotopic (exact) mass is 164 g/mol. The largest absolute Gasteiger partial charge is 0.369 e. The lowest BCUT2D eigenvalue weighted by Crippen LogP contribution is -2.17. The van der Waals surface area contributed by atoms with Crippen LogP contribution in [0.15, 0.2) is 0 Å². The van der Waals surface area contributed by atoms with Crippen LogP contribution in [0.25, 0.3) is 0 Å². The molecule has 0 amide bonds. The van der Waals surface area contributed by atoms with Crippen molar-refractivity contribution < 1.29 is 9.53 Å². The Morgan fingerprint density at radius 3 is 2.60 bits per heavy atom. The van der Waals surface area contributed by atoms with Gasteiger partial charge in [0.25, 0.3) is 0 Å². The van der Waals surface area contributed by atoms with Crippen LogP contribution in [0.3, 0.4) is 0 Å². The van der Waals surface area contributed by atoms with Gasteiger partial charge >= 0.3 is 0 Å². The molecule has 0 N–H and O–H groups in total. The summed E-state index contributed by atoms with van der Waals surface area (Å²) < 4.78 is 5.12. The number of alkyl halides is 1. The Balaban J connectivity index is 3.34. The van der Waals surface area contributed by atoms with E-state index < -0.39 is 0 Å². The highest BCUT2D eigenvalue weighted by Gasteiger charge is 2.04. The molecular formula is C7H13ClO2. The zero-order chi connectivity index (χ0) is 7.98. The molecule has 0 fully saturated rings. The first-order valence-electron chi connectivity index (χ1n) is 3.37. The van der Waals surface area contributed by atoms with E-state index in [9.17, 15) is 4.79 Å². The molecule has 0 bridgehead atoms. The molecule has 0 radical (unpaired) electrons. The Hall–Kier alpha value is -0.0800. The summed E-state index contributed by atoms with van der Waals surface area (Å²) in [5.74, 6) is 0.507. The molecule has 0 saturated heterocycles. The number of Topliss-reactive ketones (excluding diaryl/α,β-unsaturated/α-hetero) is 1. The minimum Gasteiger partial charge on any atom is -0.369 e. The molecular weight excluding hydrogens is 152 g/mol. The van der Waals surface area contributed by atoms with Crippen molar-refractivity contribution in [2.24, 2.45) is 0 Å². The summed E-state index contributed by atoms with van der Waals surface area (Å²) in [7, 11) is 0. The highest BCUT2D eigenvalue weighted by atomic mass is 35.5. The Morgan fingerprint density at radius 1 is 1.70 bits per heavy atom. The number of ether oxygens (including phenoxy) is 1. The van der Waals surface area contributed by atoms with E-state index in [0.717, 1.165) is 6.42 Å². The van der Waals surface area contributed by atoms with Gasteiger partial charge in [-0.1, -0.05) is 6.92 Å². The smallest absolute Gasteiger partial charge is 0.155 e. The highest BCUT2D eigenvalue weighted by molar-refractivity contribution is 6.18. The lowest BCUT2D eigenvalue weighted by Gasteiger charge is -2.10. The van der Waals surface area contributed by atoms with E-state index in [1.54, 1.807) is 0 Å². The second-order valence-electron chi connectivity index (χ2n) is 2.20. The average molecular weight is 165 g/mol. The van der Waals surface area contributed by atoms with Crippen LogP contribution in [0, 0.1) is 0 Å². The number of carbonyl (C=O) groups excluding carboxylic acids is 1. The molecule has 3 heteroatoms. The van der Waals surface area contributed by atoms with E-state index in [1.165, 1.54) is 6.92 Å². The number of hydrogen-bond acceptors (Lipinski definition) is 2. The average Bonchev–Trinajstić information content (AvgIpc) is 1.90. The number of rotatable bonds is 5. The van der Waals surface area contributed by atoms with Gasteiger partial charge in [-0.2, -0.15) is 0 Å². The van der Waals surface area contributed by atoms with Gasteiger partial charge < -0.3 is 4.74 Å². The maximum atomic E-state index is 10.4. The fraction of sp³-hybridized carbons (Fsp3) is 0.857. The second-order valence-corrected chi connectivity index (χ2v) is 2.51. The van der Waals surface area contributed by atoms with Crippen molar-refractivity contribution in [1.82, 2.24) is 0 Å². The van der Waals surface area contributed by atoms with Gasteiger partial charge in [0.2, 0.25) is 0 Å². The van der Waals surface area contributed by atoms with E-state index >= 15 is 0 Å². The zero-order valence-corrected chi connectivity index (χ0v) is 7.15. The molecule has 0 heterocycles. The molecule has 2 nitrogen and oxygen atoms in total. The van der Waals surface area contributed by atoms with Crippen LogP contribution < -0.4 is 0 Å². The molecule has 1 atom stereocenters. The van der Waals surface area contributed by atoms with Crippen LogP contribution in [-0.2, 0) is 9.53 Å². The van der Waals surface area contributed by atoms with Crippen molar-refractivity contribution in [2.45, 2.75) is 26.4 Å². The molecule has 0 aromatic heterocycles. The van der Waals surface area contributed by atoms with Crippen molar-refractivity contribution in [3.05, 3.63) is 0 Å². The molecule has 0 unspecified atom stereocenters. The van der Waals surface area contributed by atoms with Crippen LogP contribution in [0.1, 0.15) is 20.3 Å². The standard InChI is InChI=1S/C7H13ClO2/c1-3-7(4-8)10-5-6(2)9/h7H,3-5H2,1-2H3/t7-/m0/s1. The quantitative estimate of drug-likeness (QED) is 0.578. The maximum absolute atomic E-state index is 10.4. The molecule has 0 aliphatic carbocycles. The van der Waals surface area contributed by atoms with E-state index in [0.29, 0.717) is 5.88 Å². The Morgan fingerprint density at radius 2 is 2.30 bits per heavy atom. The molecule has 10 heavy (non-hydrogen) atoms. The third-order valence-electron chi connectivity index (χ3n) is 1.15. The van der Waals surface area contributed by atoms with Gasteiger partial charge in [-0.25, -0.2) is 0 Å². The molecule has 0 aromatic rings. The number of ketones is 1. The lowest BCUT2D eigenvalue weighted by atomic mass is 10.3. The Kier molecular flexibility index (Phi) is 5.64. The first kappa shape index (κ1) is 9.92. The second kappa shape index (κ2) is 5.69. The van der Waals surface area contributed by atoms with Crippen molar-refractivity contribution in [1.29, 1.82) is 0 Å². The molecule has 0 aliphatic rings. The topological polar surface area (TPSA) is 26.3 Å². The van der Waals surface area contributed by atoms with Gasteiger partial charge in [0, 0.05) is 5.88 Å². The van der Waals surface area contributed by atoms with Crippen LogP contribution in [0.4, 0.5) is 0 Å². The minimum absolute atomic E-state index is 0.0329. The number of hydrogen-bond donors (Lipinski definition) is 0. The third kappa shape index (κ3) is 4.77. The molecule has 0 spiro atoms. The molecule has 60 valence electrons. The maximum Gasteiger partial charge on any atom is 0.155 e. The van der Waals surface area contributed by atoms with Crippen LogP contribution >= 0.6 is 11.6 Å². The third-order valence-corrected chi connectivity index (χ3v) is 1.49. The lowest BCUT2D eigenvalue weighted by molar-refractivity contribution is -0.123. The normalized spacial score (nSPS) is 13.1. The van der Waals surface area contributed by atoms with Gasteiger partial charge in [-0.05, 0) is 13.3 Å². The Bertz CT molecular complexity index is 99.8. The van der Waals surface area contributed by atoms with Crippen molar-refractivity contribution in [3.8, 4) is 0 Å². The van der Waals surface area contributed by atoms with Gasteiger partial charge in [0.05, 0.1) is 6.10 Å². The van der Waals surface area contributed by atoms with Crippen molar-refractivity contribution in [2.75, 3.05) is 12.5 Å². The van der Waals surface area contributed by atoms with Crippen LogP contribution in [0.2, 0.25) is 0 Å². The summed E-state index contributed by atoms with van der Waals surface area (Å²) in [6, 6.07) is 0. The van der Waals surface area contributed by atoms with E-state index in [-0.39, 0.29) is 18.5 Å². The first-order chi connectivity index (χ1) is 4.70. The van der Waals surface area contributed by atoms with E-state index in [2.05, 4.69) is 0 Å². The fourth-order valence-electron chi connectivity index (χ4n) is 0.507. The van der Waals surface area contributed by atoms with Crippen LogP contribution in [-0.4, -0.2) is 24.4 Å². The number of halogens is 1. The summed E-state index contributed by atoms with van der Waals surface area (Å²) in [5.41, 5.74) is 0. The van der Waals surface area contributed by atoms with Crippen molar-refractivity contribution >= 4 is 17.4 Å². The van der Waals surface area contributed by atoms with Gasteiger partial charge in [-0.3, -0.25) is 4.79 Å². The van der Waals surface area contributed by atoms with Gasteiger partial charge in [0.1, 0.15) is 6.61 Å². The Labute approximate surface area is 66.5 Å². The summed E-state index contributed by atoms with van der Waals surface area (Å²) in [4.78, 5) is 10.4. The zero-order valence-electron chi connectivity index (χ0n) is 6.39. The first-order valence-corrected chi connectivity index (χ1v) is 3.91. The molecule has 0 rings (SSSR count). The predicted octanol–water partition coefficient (Wildman–Crippen LogP) is 1.61. The van der Waals surface area contributed by atoms with Gasteiger partial charge in [0.15, 0.2) is 5.78 Å². The molecule has 0 aromatic carbocycles. The van der Waals surface area contributed by atoms with Crippen molar-refractivity contribution in [3.63, 3.8) is 0 Å². The van der Waals surface area contributed by atoms with Crippen LogP contribution in [0.5, 0.6) is 0 Å². The van der Waals surface area contributed by atoms with Gasteiger partial charge in [-0.15, -0.1) is 11.6 Å². The summed E-state index contributed by atoms with van der Waals surface area (Å²) >= 11 is 5.51. The minimum atomic E-state index is 0.0329. The summed E-state index contributed by atoms with van der Waals surface area (Å²) in [5, 5.41) is 0. The summed E-state index contributed by atoms with van der Waals surface area (Å²) in [6.07, 6.45) is 0.891.